The summed E-state index contributed by atoms with van der Waals surface area (Å²) in [5.41, 5.74) is 0. The van der Waals surface area contributed by atoms with Crippen LogP contribution < -0.4 is 5.32 Å². The quantitative estimate of drug-likeness (QED) is 0.558. The number of amides is 1. The monoisotopic (exact) mass is 193 g/mol. The van der Waals surface area contributed by atoms with Gasteiger partial charge in [0.2, 0.25) is 5.91 Å². The van der Waals surface area contributed by atoms with E-state index in [0.29, 0.717) is 0 Å². The van der Waals surface area contributed by atoms with Crippen molar-refractivity contribution in [1.29, 1.82) is 0 Å². The first-order chi connectivity index (χ1) is 5.26. The van der Waals surface area contributed by atoms with E-state index in [4.69, 9.17) is 0 Å². The van der Waals surface area contributed by atoms with Crippen molar-refractivity contribution in [3.8, 4) is 0 Å². The molecule has 0 heterocycles. The van der Waals surface area contributed by atoms with Gasteiger partial charge in [0.05, 0.1) is 0 Å². The molecule has 0 aliphatic heterocycles. The maximum absolute atomic E-state index is 11.1. The lowest BCUT2D eigenvalue weighted by molar-refractivity contribution is -0.124. The van der Waals surface area contributed by atoms with Crippen LogP contribution in [0.15, 0.2) is 0 Å². The minimum absolute atomic E-state index is 0.0926. The maximum atomic E-state index is 11.1. The Kier molecular flexibility index (Phi) is 6.96. The summed E-state index contributed by atoms with van der Waals surface area (Å²) >= 11 is 8.16. The van der Waals surface area contributed by atoms with E-state index in [0.717, 1.165) is 24.3 Å². The fraction of sp³-hybridized carbons (Fsp3) is 0.857. The Bertz CT molecular complexity index is 113. The Labute approximate surface area is 79.0 Å². The fourth-order valence-electron chi connectivity index (χ4n) is 0.922. The second-order valence-corrected chi connectivity index (χ2v) is 3.23. The molecule has 0 rings (SSSR count). The Hall–Kier alpha value is 0.170. The van der Waals surface area contributed by atoms with E-state index in [1.54, 1.807) is 7.05 Å². The van der Waals surface area contributed by atoms with Gasteiger partial charge in [-0.25, -0.2) is 0 Å². The van der Waals surface area contributed by atoms with E-state index in [1.165, 1.54) is 0 Å². The fourth-order valence-corrected chi connectivity index (χ4v) is 1.55. The molecule has 0 bridgehead atoms. The van der Waals surface area contributed by atoms with Crippen molar-refractivity contribution >= 4 is 31.2 Å². The summed E-state index contributed by atoms with van der Waals surface area (Å²) in [4.78, 5) is 11.1. The number of rotatable bonds is 5. The predicted molar refractivity (Wildman–Crippen MR) is 54.5 cm³/mol. The van der Waals surface area contributed by atoms with Gasteiger partial charge in [0.1, 0.15) is 0 Å². The van der Waals surface area contributed by atoms with Gasteiger partial charge in [0.25, 0.3) is 0 Å². The molecule has 0 aromatic heterocycles. The molecule has 0 aliphatic carbocycles. The summed E-state index contributed by atoms with van der Waals surface area (Å²) in [7, 11) is 1.66. The van der Waals surface area contributed by atoms with E-state index in [9.17, 15) is 4.79 Å². The van der Waals surface area contributed by atoms with Crippen molar-refractivity contribution in [2.24, 2.45) is 5.92 Å². The smallest absolute Gasteiger partial charge is 0.222 e. The molecule has 4 heteroatoms. The summed E-state index contributed by atoms with van der Waals surface area (Å²) in [5, 5.41) is 2.63. The van der Waals surface area contributed by atoms with Crippen LogP contribution >= 0.6 is 25.3 Å². The van der Waals surface area contributed by atoms with Gasteiger partial charge in [0.15, 0.2) is 0 Å². The van der Waals surface area contributed by atoms with E-state index in [-0.39, 0.29) is 11.8 Å². The third-order valence-electron chi connectivity index (χ3n) is 1.57. The highest BCUT2D eigenvalue weighted by atomic mass is 32.1. The van der Waals surface area contributed by atoms with Crippen molar-refractivity contribution in [1.82, 2.24) is 5.32 Å². The van der Waals surface area contributed by atoms with E-state index in [1.807, 2.05) is 0 Å². The molecule has 0 aromatic rings. The largest absolute Gasteiger partial charge is 0.359 e. The van der Waals surface area contributed by atoms with Gasteiger partial charge < -0.3 is 5.32 Å². The molecule has 11 heavy (non-hydrogen) atoms. The minimum atomic E-state index is 0.0926. The molecule has 1 N–H and O–H groups in total. The van der Waals surface area contributed by atoms with Crippen LogP contribution in [-0.4, -0.2) is 24.5 Å². The molecule has 0 atom stereocenters. The van der Waals surface area contributed by atoms with Gasteiger partial charge in [-0.1, -0.05) is 0 Å². The zero-order valence-electron chi connectivity index (χ0n) is 6.71. The number of carbonyl (C=O) groups is 1. The van der Waals surface area contributed by atoms with E-state index < -0.39 is 0 Å². The molecule has 0 radical (unpaired) electrons. The standard InChI is InChI=1S/C7H15NOS2/c1-8-7(9)6(2-4-10)3-5-11/h6,10-11H,2-5H2,1H3,(H,8,9). The predicted octanol–water partition coefficient (Wildman–Crippen LogP) is 0.988. The number of thiol groups is 2. The average Bonchev–Trinajstić information content (AvgIpc) is 2.03. The van der Waals surface area contributed by atoms with Crippen LogP contribution in [0.3, 0.4) is 0 Å². The molecule has 2 nitrogen and oxygen atoms in total. The van der Waals surface area contributed by atoms with Crippen LogP contribution in [0.2, 0.25) is 0 Å². The number of hydrogen-bond acceptors (Lipinski definition) is 3. The van der Waals surface area contributed by atoms with Gasteiger partial charge in [-0.3, -0.25) is 4.79 Å². The molecule has 0 spiro atoms. The summed E-state index contributed by atoms with van der Waals surface area (Å²) in [6.45, 7) is 0. The van der Waals surface area contributed by atoms with Crippen LogP contribution in [-0.2, 0) is 4.79 Å². The van der Waals surface area contributed by atoms with Crippen LogP contribution in [0.25, 0.3) is 0 Å². The molecule has 0 aliphatic rings. The average molecular weight is 193 g/mol. The van der Waals surface area contributed by atoms with Gasteiger partial charge >= 0.3 is 0 Å². The maximum Gasteiger partial charge on any atom is 0.222 e. The lowest BCUT2D eigenvalue weighted by atomic mass is 10.0. The van der Waals surface area contributed by atoms with Gasteiger partial charge in [-0.05, 0) is 24.3 Å². The SMILES string of the molecule is CNC(=O)C(CCS)CCS. The first-order valence-electron chi connectivity index (χ1n) is 3.69. The molecule has 0 fully saturated rings. The Morgan fingerprint density at radius 3 is 2.09 bits per heavy atom. The lowest BCUT2D eigenvalue weighted by Crippen LogP contribution is -2.28. The number of hydrogen-bond donors (Lipinski definition) is 3. The van der Waals surface area contributed by atoms with Crippen molar-refractivity contribution in [3.63, 3.8) is 0 Å². The third-order valence-corrected chi connectivity index (χ3v) is 2.09. The molecule has 66 valence electrons. The van der Waals surface area contributed by atoms with Gasteiger partial charge in [-0.15, -0.1) is 0 Å². The second-order valence-electron chi connectivity index (χ2n) is 2.34. The third kappa shape index (κ3) is 4.58. The highest BCUT2D eigenvalue weighted by Gasteiger charge is 2.14. The van der Waals surface area contributed by atoms with E-state index in [2.05, 4.69) is 30.6 Å². The Morgan fingerprint density at radius 2 is 1.82 bits per heavy atom. The highest BCUT2D eigenvalue weighted by Crippen LogP contribution is 2.10. The Balaban J connectivity index is 3.76. The number of nitrogens with one attached hydrogen (secondary N) is 1. The van der Waals surface area contributed by atoms with Crippen LogP contribution in [0.4, 0.5) is 0 Å². The van der Waals surface area contributed by atoms with Crippen molar-refractivity contribution in [2.75, 3.05) is 18.6 Å². The molecular weight excluding hydrogens is 178 g/mol. The highest BCUT2D eigenvalue weighted by molar-refractivity contribution is 7.80. The van der Waals surface area contributed by atoms with Crippen LogP contribution in [0, 0.1) is 5.92 Å². The summed E-state index contributed by atoms with van der Waals surface area (Å²) < 4.78 is 0. The normalized spacial score (nSPS) is 10.2. The zero-order valence-corrected chi connectivity index (χ0v) is 8.50. The summed E-state index contributed by atoms with van der Waals surface area (Å²) in [6, 6.07) is 0. The molecule has 0 saturated heterocycles. The van der Waals surface area contributed by atoms with Gasteiger partial charge in [-0.2, -0.15) is 25.3 Å². The van der Waals surface area contributed by atoms with Crippen molar-refractivity contribution < 1.29 is 4.79 Å². The van der Waals surface area contributed by atoms with Crippen molar-refractivity contribution in [2.45, 2.75) is 12.8 Å². The van der Waals surface area contributed by atoms with Gasteiger partial charge in [0, 0.05) is 13.0 Å². The lowest BCUT2D eigenvalue weighted by Gasteiger charge is -2.11. The first kappa shape index (κ1) is 11.2. The molecule has 0 aromatic carbocycles. The first-order valence-corrected chi connectivity index (χ1v) is 4.96. The number of carbonyl (C=O) groups excluding carboxylic acids is 1. The topological polar surface area (TPSA) is 29.1 Å². The minimum Gasteiger partial charge on any atom is -0.359 e. The second kappa shape index (κ2) is 6.85. The molecule has 0 saturated carbocycles. The molecule has 0 unspecified atom stereocenters. The van der Waals surface area contributed by atoms with Crippen LogP contribution in [0.1, 0.15) is 12.8 Å². The summed E-state index contributed by atoms with van der Waals surface area (Å²) in [5.74, 6) is 1.71. The van der Waals surface area contributed by atoms with E-state index >= 15 is 0 Å². The molecule has 1 amide bonds. The zero-order chi connectivity index (χ0) is 8.69. The molecular formula is C7H15NOS2. The van der Waals surface area contributed by atoms with Crippen LogP contribution in [0.5, 0.6) is 0 Å². The Morgan fingerprint density at radius 1 is 1.36 bits per heavy atom. The summed E-state index contributed by atoms with van der Waals surface area (Å²) in [6.07, 6.45) is 1.67. The van der Waals surface area contributed by atoms with Crippen molar-refractivity contribution in [3.05, 3.63) is 0 Å².